The zero-order valence-electron chi connectivity index (χ0n) is 18.1. The number of halogens is 2. The standard InChI is InChI=1S/C22H28F2N4O3/c1-5-25-22(26-13-15-6-9-17(10-7-15)20(29)28(2)3)27-14-16-8-11-18(30-4)19(12-16)31-21(23)24/h6-12,21H,5,13-14H2,1-4H3,(H2,25,26,27). The van der Waals surface area contributed by atoms with E-state index >= 15 is 0 Å². The molecule has 0 unspecified atom stereocenters. The van der Waals surface area contributed by atoms with Crippen molar-refractivity contribution in [2.45, 2.75) is 26.6 Å². The zero-order chi connectivity index (χ0) is 22.8. The van der Waals surface area contributed by atoms with E-state index in [9.17, 15) is 13.6 Å². The number of nitrogens with zero attached hydrogens (tertiary/aromatic N) is 2. The minimum atomic E-state index is -2.94. The van der Waals surface area contributed by atoms with E-state index in [0.29, 0.717) is 30.2 Å². The molecule has 0 aliphatic heterocycles. The summed E-state index contributed by atoms with van der Waals surface area (Å²) < 4.78 is 34.8. The maximum Gasteiger partial charge on any atom is 0.387 e. The molecule has 2 rings (SSSR count). The predicted molar refractivity (Wildman–Crippen MR) is 116 cm³/mol. The molecule has 2 aromatic carbocycles. The van der Waals surface area contributed by atoms with Gasteiger partial charge in [0.1, 0.15) is 0 Å². The van der Waals surface area contributed by atoms with Crippen molar-refractivity contribution in [2.75, 3.05) is 27.7 Å². The van der Waals surface area contributed by atoms with Crippen LogP contribution in [-0.4, -0.2) is 51.1 Å². The number of benzene rings is 2. The minimum absolute atomic E-state index is 0.0319. The molecule has 0 saturated heterocycles. The van der Waals surface area contributed by atoms with E-state index in [4.69, 9.17) is 4.74 Å². The van der Waals surface area contributed by atoms with Crippen LogP contribution < -0.4 is 20.1 Å². The summed E-state index contributed by atoms with van der Waals surface area (Å²) in [5.41, 5.74) is 2.30. The Labute approximate surface area is 181 Å². The van der Waals surface area contributed by atoms with Crippen molar-refractivity contribution in [1.82, 2.24) is 15.5 Å². The van der Waals surface area contributed by atoms with Crippen molar-refractivity contribution < 1.29 is 23.0 Å². The van der Waals surface area contributed by atoms with Gasteiger partial charge in [-0.15, -0.1) is 0 Å². The molecule has 0 heterocycles. The summed E-state index contributed by atoms with van der Waals surface area (Å²) >= 11 is 0. The van der Waals surface area contributed by atoms with Crippen LogP contribution in [0.4, 0.5) is 8.78 Å². The molecular weight excluding hydrogens is 406 g/mol. The predicted octanol–water partition coefficient (Wildman–Crippen LogP) is 3.25. The molecule has 0 atom stereocenters. The maximum absolute atomic E-state index is 12.6. The van der Waals surface area contributed by atoms with Gasteiger partial charge in [0.15, 0.2) is 17.5 Å². The molecule has 1 amide bonds. The molecule has 0 fully saturated rings. The smallest absolute Gasteiger partial charge is 0.387 e. The number of aliphatic imine (C=N–C) groups is 1. The summed E-state index contributed by atoms with van der Waals surface area (Å²) in [5, 5.41) is 6.35. The first-order chi connectivity index (χ1) is 14.8. The van der Waals surface area contributed by atoms with Crippen LogP contribution in [0.3, 0.4) is 0 Å². The molecule has 0 aliphatic rings. The minimum Gasteiger partial charge on any atom is -0.493 e. The molecule has 0 aliphatic carbocycles. The van der Waals surface area contributed by atoms with Gasteiger partial charge in [-0.05, 0) is 42.3 Å². The number of amides is 1. The van der Waals surface area contributed by atoms with Crippen LogP contribution in [0.2, 0.25) is 0 Å². The van der Waals surface area contributed by atoms with Crippen molar-refractivity contribution in [1.29, 1.82) is 0 Å². The lowest BCUT2D eigenvalue weighted by Crippen LogP contribution is -2.36. The monoisotopic (exact) mass is 434 g/mol. The van der Waals surface area contributed by atoms with Gasteiger partial charge in [-0.2, -0.15) is 8.78 Å². The van der Waals surface area contributed by atoms with Crippen LogP contribution in [-0.2, 0) is 13.1 Å². The summed E-state index contributed by atoms with van der Waals surface area (Å²) in [6.07, 6.45) is 0. The second-order valence-corrected chi connectivity index (χ2v) is 6.81. The zero-order valence-corrected chi connectivity index (χ0v) is 18.1. The summed E-state index contributed by atoms with van der Waals surface area (Å²) in [7, 11) is 4.81. The number of hydrogen-bond donors (Lipinski definition) is 2. The first-order valence-corrected chi connectivity index (χ1v) is 9.78. The van der Waals surface area contributed by atoms with Crippen molar-refractivity contribution in [3.8, 4) is 11.5 Å². The molecule has 9 heteroatoms. The van der Waals surface area contributed by atoms with E-state index in [0.717, 1.165) is 5.56 Å². The SMILES string of the molecule is CCNC(=NCc1ccc(OC)c(OC(F)F)c1)NCc1ccc(C(=O)N(C)C)cc1. The highest BCUT2D eigenvalue weighted by atomic mass is 19.3. The van der Waals surface area contributed by atoms with Crippen molar-refractivity contribution in [3.63, 3.8) is 0 Å². The van der Waals surface area contributed by atoms with Gasteiger partial charge in [-0.1, -0.05) is 18.2 Å². The largest absolute Gasteiger partial charge is 0.493 e. The number of ether oxygens (including phenoxy) is 2. The fraction of sp³-hybridized carbons (Fsp3) is 0.364. The van der Waals surface area contributed by atoms with Crippen molar-refractivity contribution >= 4 is 11.9 Å². The van der Waals surface area contributed by atoms with Crippen molar-refractivity contribution in [3.05, 3.63) is 59.2 Å². The number of carbonyl (C=O) groups is 1. The number of hydrogen-bond acceptors (Lipinski definition) is 4. The van der Waals surface area contributed by atoms with Gasteiger partial charge < -0.3 is 25.0 Å². The van der Waals surface area contributed by atoms with E-state index < -0.39 is 6.61 Å². The third kappa shape index (κ3) is 7.44. The normalized spacial score (nSPS) is 11.3. The lowest BCUT2D eigenvalue weighted by molar-refractivity contribution is -0.0512. The highest BCUT2D eigenvalue weighted by Crippen LogP contribution is 2.29. The molecular formula is C22H28F2N4O3. The second-order valence-electron chi connectivity index (χ2n) is 6.81. The van der Waals surface area contributed by atoms with Gasteiger partial charge in [0.05, 0.1) is 13.7 Å². The Morgan fingerprint density at radius 1 is 1.06 bits per heavy atom. The number of alkyl halides is 2. The van der Waals surface area contributed by atoms with Crippen LogP contribution in [0.15, 0.2) is 47.5 Å². The van der Waals surface area contributed by atoms with Gasteiger partial charge in [-0.3, -0.25) is 4.79 Å². The van der Waals surface area contributed by atoms with E-state index in [1.165, 1.54) is 18.1 Å². The molecule has 0 saturated carbocycles. The van der Waals surface area contributed by atoms with E-state index in [1.54, 1.807) is 38.4 Å². The average Bonchev–Trinajstić information content (AvgIpc) is 2.75. The molecule has 0 aromatic heterocycles. The third-order valence-electron chi connectivity index (χ3n) is 4.28. The van der Waals surface area contributed by atoms with E-state index in [2.05, 4.69) is 20.4 Å². The number of guanidine groups is 1. The molecule has 0 radical (unpaired) electrons. The van der Waals surface area contributed by atoms with Crippen LogP contribution in [0.25, 0.3) is 0 Å². The Balaban J connectivity index is 2.04. The number of rotatable bonds is 9. The van der Waals surface area contributed by atoms with Gasteiger partial charge in [0, 0.05) is 32.7 Å². The summed E-state index contributed by atoms with van der Waals surface area (Å²) in [6, 6.07) is 12.1. The molecule has 2 N–H and O–H groups in total. The molecule has 0 spiro atoms. The highest BCUT2D eigenvalue weighted by molar-refractivity contribution is 5.93. The Kier molecular flexibility index (Phi) is 9.05. The van der Waals surface area contributed by atoms with Crippen LogP contribution in [0, 0.1) is 0 Å². The first kappa shape index (κ1) is 23.9. The Hall–Kier alpha value is -3.36. The lowest BCUT2D eigenvalue weighted by atomic mass is 10.1. The van der Waals surface area contributed by atoms with Gasteiger partial charge in [0.25, 0.3) is 5.91 Å². The third-order valence-corrected chi connectivity index (χ3v) is 4.28. The highest BCUT2D eigenvalue weighted by Gasteiger charge is 2.11. The average molecular weight is 434 g/mol. The first-order valence-electron chi connectivity index (χ1n) is 9.78. The van der Waals surface area contributed by atoms with Gasteiger partial charge in [-0.25, -0.2) is 4.99 Å². The number of nitrogens with one attached hydrogen (secondary N) is 2. The maximum atomic E-state index is 12.6. The fourth-order valence-corrected chi connectivity index (χ4v) is 2.73. The lowest BCUT2D eigenvalue weighted by Gasteiger charge is -2.13. The van der Waals surface area contributed by atoms with Crippen LogP contribution in [0.5, 0.6) is 11.5 Å². The second kappa shape index (κ2) is 11.7. The van der Waals surface area contributed by atoms with E-state index in [-0.39, 0.29) is 24.0 Å². The van der Waals surface area contributed by atoms with Gasteiger partial charge in [0.2, 0.25) is 0 Å². The summed E-state index contributed by atoms with van der Waals surface area (Å²) in [6.45, 7) is 0.427. The van der Waals surface area contributed by atoms with Crippen LogP contribution >= 0.6 is 0 Å². The Morgan fingerprint density at radius 3 is 2.32 bits per heavy atom. The summed E-state index contributed by atoms with van der Waals surface area (Å²) in [5.74, 6) is 0.719. The van der Waals surface area contributed by atoms with E-state index in [1.807, 2.05) is 19.1 Å². The number of methoxy groups -OCH3 is 1. The topological polar surface area (TPSA) is 75.2 Å². The molecule has 168 valence electrons. The Bertz CT molecular complexity index is 887. The van der Waals surface area contributed by atoms with Crippen LogP contribution in [0.1, 0.15) is 28.4 Å². The van der Waals surface area contributed by atoms with Gasteiger partial charge >= 0.3 is 6.61 Å². The molecule has 7 nitrogen and oxygen atoms in total. The fourth-order valence-electron chi connectivity index (χ4n) is 2.73. The molecule has 2 aromatic rings. The van der Waals surface area contributed by atoms with Crippen molar-refractivity contribution in [2.24, 2.45) is 4.99 Å². The Morgan fingerprint density at radius 2 is 1.74 bits per heavy atom. The molecule has 31 heavy (non-hydrogen) atoms. The number of carbonyl (C=O) groups excluding carboxylic acids is 1. The molecule has 0 bridgehead atoms. The quantitative estimate of drug-likeness (QED) is 0.468. The summed E-state index contributed by atoms with van der Waals surface area (Å²) in [4.78, 5) is 18.0.